The molecule has 31 heavy (non-hydrogen) atoms. The van der Waals surface area contributed by atoms with E-state index in [4.69, 9.17) is 16.7 Å². The van der Waals surface area contributed by atoms with Gasteiger partial charge < -0.3 is 20.6 Å². The number of piperidine rings is 1. The van der Waals surface area contributed by atoms with Crippen LogP contribution >= 0.6 is 11.6 Å². The molecular formula is C22H20ClN5O3. The monoisotopic (exact) mass is 437 g/mol. The molecule has 0 bridgehead atoms. The van der Waals surface area contributed by atoms with Crippen LogP contribution < -0.4 is 10.6 Å². The molecule has 3 aromatic rings. The molecule has 0 saturated carbocycles. The zero-order valence-electron chi connectivity index (χ0n) is 16.5. The number of benzene rings is 2. The highest BCUT2D eigenvalue weighted by molar-refractivity contribution is 6.30. The molecule has 0 unspecified atom stereocenters. The minimum absolute atomic E-state index is 0.251. The molecule has 8 nitrogen and oxygen atoms in total. The van der Waals surface area contributed by atoms with Crippen molar-refractivity contribution in [3.05, 3.63) is 65.5 Å². The molecule has 0 aliphatic carbocycles. The summed E-state index contributed by atoms with van der Waals surface area (Å²) in [5, 5.41) is 16.5. The van der Waals surface area contributed by atoms with Crippen LogP contribution in [0.1, 0.15) is 12.8 Å². The number of anilines is 3. The Bertz CT molecular complexity index is 1170. The molecule has 9 heteroatoms. The second kappa shape index (κ2) is 9.01. The fraction of sp³-hybridized carbons (Fsp3) is 0.182. The van der Waals surface area contributed by atoms with Crippen LogP contribution in [0.15, 0.2) is 60.4 Å². The third-order valence-corrected chi connectivity index (χ3v) is 5.24. The Balaban J connectivity index is 1.50. The van der Waals surface area contributed by atoms with Crippen molar-refractivity contribution < 1.29 is 14.7 Å². The maximum Gasteiger partial charge on any atom is 0.407 e. The first kappa shape index (κ1) is 20.6. The molecule has 2 heterocycles. The van der Waals surface area contributed by atoms with Gasteiger partial charge in [0.25, 0.3) is 0 Å². The van der Waals surface area contributed by atoms with E-state index in [1.165, 1.54) is 11.2 Å². The lowest BCUT2D eigenvalue weighted by Crippen LogP contribution is -2.35. The van der Waals surface area contributed by atoms with Gasteiger partial charge in [0.15, 0.2) is 0 Å². The lowest BCUT2D eigenvalue weighted by molar-refractivity contribution is -0.112. The molecule has 1 aliphatic heterocycles. The smallest absolute Gasteiger partial charge is 0.407 e. The number of fused-ring (bicyclic) bond motifs is 1. The van der Waals surface area contributed by atoms with Crippen LogP contribution in [-0.4, -0.2) is 45.1 Å². The van der Waals surface area contributed by atoms with Crippen LogP contribution in [-0.2, 0) is 4.79 Å². The van der Waals surface area contributed by atoms with Crippen molar-refractivity contribution in [3.8, 4) is 0 Å². The van der Waals surface area contributed by atoms with E-state index in [0.717, 1.165) is 22.2 Å². The summed E-state index contributed by atoms with van der Waals surface area (Å²) in [6.07, 6.45) is 3.21. The molecular weight excluding hydrogens is 418 g/mol. The van der Waals surface area contributed by atoms with Crippen molar-refractivity contribution in [1.82, 2.24) is 14.9 Å². The topological polar surface area (TPSA) is 107 Å². The van der Waals surface area contributed by atoms with Crippen LogP contribution in [0.25, 0.3) is 10.9 Å². The van der Waals surface area contributed by atoms with Crippen LogP contribution in [0.2, 0.25) is 5.02 Å². The molecule has 1 aliphatic rings. The van der Waals surface area contributed by atoms with E-state index in [1.807, 2.05) is 24.3 Å². The predicted octanol–water partition coefficient (Wildman–Crippen LogP) is 4.67. The summed E-state index contributed by atoms with van der Waals surface area (Å²) in [6, 6.07) is 12.7. The predicted molar refractivity (Wildman–Crippen MR) is 120 cm³/mol. The van der Waals surface area contributed by atoms with Gasteiger partial charge in [-0.05, 0) is 49.2 Å². The summed E-state index contributed by atoms with van der Waals surface area (Å²) in [4.78, 5) is 33.4. The first-order valence-corrected chi connectivity index (χ1v) is 10.1. The van der Waals surface area contributed by atoms with E-state index >= 15 is 0 Å². The number of aromatic nitrogens is 2. The molecule has 3 N–H and O–H groups in total. The largest absolute Gasteiger partial charge is 0.465 e. The Kier molecular flexibility index (Phi) is 5.99. The molecule has 2 amide bonds. The average molecular weight is 438 g/mol. The van der Waals surface area contributed by atoms with Gasteiger partial charge in [-0.2, -0.15) is 0 Å². The van der Waals surface area contributed by atoms with Gasteiger partial charge in [0.1, 0.15) is 12.1 Å². The Labute approximate surface area is 183 Å². The van der Waals surface area contributed by atoms with E-state index in [2.05, 4.69) is 20.6 Å². The highest BCUT2D eigenvalue weighted by atomic mass is 35.5. The normalized spacial score (nSPS) is 13.7. The SMILES string of the molecule is O=C(C=C1CCN(C(=O)O)CC1)Nc1ccc2ncnc(Nc3cccc(Cl)c3)c2c1. The molecule has 1 aromatic heterocycles. The van der Waals surface area contributed by atoms with E-state index in [-0.39, 0.29) is 5.91 Å². The molecule has 1 saturated heterocycles. The number of hydrogen-bond acceptors (Lipinski definition) is 5. The maximum absolute atomic E-state index is 12.5. The number of carbonyl (C=O) groups excluding carboxylic acids is 1. The zero-order chi connectivity index (χ0) is 21.8. The number of carbonyl (C=O) groups is 2. The number of nitrogens with one attached hydrogen (secondary N) is 2. The lowest BCUT2D eigenvalue weighted by Gasteiger charge is -2.25. The molecule has 0 radical (unpaired) electrons. The molecule has 4 rings (SSSR count). The van der Waals surface area contributed by atoms with Gasteiger partial charge in [-0.1, -0.05) is 23.2 Å². The molecule has 0 spiro atoms. The highest BCUT2D eigenvalue weighted by Crippen LogP contribution is 2.27. The molecule has 158 valence electrons. The number of amides is 2. The van der Waals surface area contributed by atoms with Gasteiger partial charge in [0, 0.05) is 40.9 Å². The van der Waals surface area contributed by atoms with Crippen molar-refractivity contribution in [1.29, 1.82) is 0 Å². The molecule has 2 aromatic carbocycles. The average Bonchev–Trinajstić information content (AvgIpc) is 2.74. The number of halogens is 1. The van der Waals surface area contributed by atoms with Gasteiger partial charge >= 0.3 is 6.09 Å². The van der Waals surface area contributed by atoms with Crippen LogP contribution in [0.5, 0.6) is 0 Å². The summed E-state index contributed by atoms with van der Waals surface area (Å²) in [6.45, 7) is 0.806. The Hall–Kier alpha value is -3.65. The molecule has 0 atom stereocenters. The summed E-state index contributed by atoms with van der Waals surface area (Å²) < 4.78 is 0. The highest BCUT2D eigenvalue weighted by Gasteiger charge is 2.18. The summed E-state index contributed by atoms with van der Waals surface area (Å²) in [7, 11) is 0. The van der Waals surface area contributed by atoms with E-state index in [9.17, 15) is 9.59 Å². The van der Waals surface area contributed by atoms with E-state index in [1.54, 1.807) is 24.3 Å². The summed E-state index contributed by atoms with van der Waals surface area (Å²) >= 11 is 6.06. The fourth-order valence-electron chi connectivity index (χ4n) is 3.43. The zero-order valence-corrected chi connectivity index (χ0v) is 17.3. The van der Waals surface area contributed by atoms with Crippen molar-refractivity contribution in [2.45, 2.75) is 12.8 Å². The second-order valence-electron chi connectivity index (χ2n) is 7.15. The van der Waals surface area contributed by atoms with Crippen LogP contribution in [0.3, 0.4) is 0 Å². The fourth-order valence-corrected chi connectivity index (χ4v) is 3.62. The van der Waals surface area contributed by atoms with E-state index < -0.39 is 6.09 Å². The Morgan fingerprint density at radius 3 is 2.61 bits per heavy atom. The van der Waals surface area contributed by atoms with Crippen molar-refractivity contribution in [2.24, 2.45) is 0 Å². The number of nitrogens with zero attached hydrogens (tertiary/aromatic N) is 3. The minimum atomic E-state index is -0.927. The van der Waals surface area contributed by atoms with Gasteiger partial charge in [0.2, 0.25) is 5.91 Å². The van der Waals surface area contributed by atoms with Gasteiger partial charge in [-0.15, -0.1) is 0 Å². The van der Waals surface area contributed by atoms with Crippen LogP contribution in [0.4, 0.5) is 22.0 Å². The number of likely N-dealkylation sites (tertiary alicyclic amines) is 1. The van der Waals surface area contributed by atoms with Gasteiger partial charge in [-0.3, -0.25) is 4.79 Å². The first-order chi connectivity index (χ1) is 15.0. The van der Waals surface area contributed by atoms with Crippen molar-refractivity contribution in [3.63, 3.8) is 0 Å². The second-order valence-corrected chi connectivity index (χ2v) is 7.59. The standard InChI is InChI=1S/C22H20ClN5O3/c23-15-2-1-3-16(11-15)27-21-18-12-17(4-5-19(18)24-13-25-21)26-20(29)10-14-6-8-28(9-7-14)22(30)31/h1-5,10-13H,6-9H2,(H,26,29)(H,30,31)(H,24,25,27). The maximum atomic E-state index is 12.5. The Morgan fingerprint density at radius 2 is 1.87 bits per heavy atom. The van der Waals surface area contributed by atoms with Crippen LogP contribution in [0, 0.1) is 0 Å². The third kappa shape index (κ3) is 5.10. The van der Waals surface area contributed by atoms with E-state index in [0.29, 0.717) is 42.5 Å². The minimum Gasteiger partial charge on any atom is -0.465 e. The third-order valence-electron chi connectivity index (χ3n) is 5.00. The quantitative estimate of drug-likeness (QED) is 0.512. The first-order valence-electron chi connectivity index (χ1n) is 9.73. The summed E-state index contributed by atoms with van der Waals surface area (Å²) in [5.41, 5.74) is 3.07. The number of carboxylic acid groups (broad SMARTS) is 1. The number of rotatable bonds is 4. The lowest BCUT2D eigenvalue weighted by atomic mass is 10.0. The van der Waals surface area contributed by atoms with Crippen molar-refractivity contribution >= 4 is 51.7 Å². The molecule has 1 fully saturated rings. The van der Waals surface area contributed by atoms with Gasteiger partial charge in [-0.25, -0.2) is 14.8 Å². The number of hydrogen-bond donors (Lipinski definition) is 3. The Morgan fingerprint density at radius 1 is 1.06 bits per heavy atom. The van der Waals surface area contributed by atoms with Gasteiger partial charge in [0.05, 0.1) is 5.52 Å². The van der Waals surface area contributed by atoms with Crippen molar-refractivity contribution in [2.75, 3.05) is 23.7 Å². The summed E-state index contributed by atoms with van der Waals surface area (Å²) in [5.74, 6) is 0.349.